The Morgan fingerprint density at radius 1 is 0.366 bits per heavy atom. The highest BCUT2D eigenvalue weighted by atomic mass is 16.8. The molecule has 0 radical (unpaired) electrons. The lowest BCUT2D eigenvalue weighted by Gasteiger charge is -2.53. The first-order valence-electron chi connectivity index (χ1n) is 22.8. The monoisotopic (exact) mass is 1040 g/mol. The highest BCUT2D eigenvalue weighted by Gasteiger charge is 2.59. The second-order valence-corrected chi connectivity index (χ2v) is 18.2. The SMILES string of the molecule is CC(=O)N[C@H]1[C@@H](O[C@H]2[C@@H](O)[C@@H](CO)O[C@@H](O[C@@H]3[C@@H](NC(C)=O)[C@H](O[C@@H]4[C@@H](O)[C@H](O)O[C@H](CO)[C@@H]4O)O[C@H](CO)[C@H]3O[C@@H]3O[C@@H](C)[C@@H](O)[C@@H](O)[C@@H]3O)[C@@H]2O[C@@H]2O[C@@H](C)[C@@H](O)[C@@H](O)[C@@H]2O)O[C@H](CO)[C@H](O)[C@@H]1O. The molecule has 0 spiro atoms. The Bertz CT molecular complexity index is 1710. The minimum absolute atomic E-state index is 0.800. The Labute approximate surface area is 403 Å². The molecule has 0 aromatic rings. The molecular weight excluding hydrogens is 972 g/mol. The second kappa shape index (κ2) is 24.7. The van der Waals surface area contributed by atoms with E-state index in [4.69, 9.17) is 52.1 Å². The van der Waals surface area contributed by atoms with Crippen LogP contribution < -0.4 is 10.6 Å². The van der Waals surface area contributed by atoms with E-state index >= 15 is 0 Å². The van der Waals surface area contributed by atoms with Crippen LogP contribution in [0.5, 0.6) is 0 Å². The summed E-state index contributed by atoms with van der Waals surface area (Å²) >= 11 is 0. The van der Waals surface area contributed by atoms with Crippen molar-refractivity contribution in [2.24, 2.45) is 0 Å². The van der Waals surface area contributed by atoms with Crippen molar-refractivity contribution in [1.29, 1.82) is 0 Å². The van der Waals surface area contributed by atoms with Crippen molar-refractivity contribution in [3.05, 3.63) is 0 Å². The fourth-order valence-corrected chi connectivity index (χ4v) is 9.17. The van der Waals surface area contributed by atoms with E-state index in [9.17, 15) is 91.3 Å². The number of rotatable bonds is 16. The predicted octanol–water partition coefficient (Wildman–Crippen LogP) is -11.8. The number of aliphatic hydroxyl groups is 16. The third-order valence-corrected chi connectivity index (χ3v) is 13.2. The van der Waals surface area contributed by atoms with E-state index in [1.54, 1.807) is 0 Å². The van der Waals surface area contributed by atoms with Gasteiger partial charge in [-0.1, -0.05) is 0 Å². The van der Waals surface area contributed by atoms with E-state index < -0.39 is 222 Å². The topological polar surface area (TPSA) is 483 Å². The molecule has 6 aliphatic rings. The van der Waals surface area contributed by atoms with Gasteiger partial charge in [-0.25, -0.2) is 0 Å². The molecule has 2 amide bonds. The Morgan fingerprint density at radius 3 is 1.28 bits per heavy atom. The first kappa shape index (κ1) is 58.1. The van der Waals surface area contributed by atoms with Crippen LogP contribution in [-0.4, -0.2) is 304 Å². The lowest BCUT2D eigenvalue weighted by Crippen LogP contribution is -2.72. The smallest absolute Gasteiger partial charge is 0.217 e. The zero-order valence-electron chi connectivity index (χ0n) is 38.6. The van der Waals surface area contributed by atoms with Gasteiger partial charge in [0.1, 0.15) is 134 Å². The molecule has 0 unspecified atom stereocenters. The lowest BCUT2D eigenvalue weighted by atomic mass is 9.93. The molecule has 6 aliphatic heterocycles. The Balaban J connectivity index is 1.48. The van der Waals surface area contributed by atoms with E-state index in [1.807, 2.05) is 0 Å². The van der Waals surface area contributed by atoms with Gasteiger partial charge in [-0.3, -0.25) is 9.59 Å². The fourth-order valence-electron chi connectivity index (χ4n) is 9.17. The highest BCUT2D eigenvalue weighted by Crippen LogP contribution is 2.39. The summed E-state index contributed by atoms with van der Waals surface area (Å²) in [6.45, 7) is 0.597. The molecule has 412 valence electrons. The highest BCUT2D eigenvalue weighted by molar-refractivity contribution is 5.73. The van der Waals surface area contributed by atoms with Crippen LogP contribution in [0, 0.1) is 0 Å². The van der Waals surface area contributed by atoms with Crippen LogP contribution in [0.2, 0.25) is 0 Å². The molecule has 0 aromatic carbocycles. The standard InChI is InChI=1S/C40H68N2O29/c1-9-19(49)25(55)27(57)38(61-9)67-30-16(8-46)66-37(69-32-22(52)14(6-44)63-35(60)29(32)59)18(42-12(4)48)31(30)68-40-34(71-39-28(58)26(56)20(50)10(2)62-39)33(23(53)15(7-45)65-40)70-36-17(41-11(3)47)24(54)21(51)13(5-43)64-36/h9-10,13-40,43-46,49-60H,5-8H2,1-4H3,(H,41,47)(H,42,48)/t9-,10-,13+,14+,15+,16+,17+,18+,19+,20+,21-,22-,23-,24+,25+,26+,27-,28-,29+,30+,31+,32-,33-,34+,35+,36+,37-,38-,39-,40-/m0/s1. The van der Waals surface area contributed by atoms with Crippen molar-refractivity contribution in [2.75, 3.05) is 26.4 Å². The molecule has 31 heteroatoms. The summed E-state index contributed by atoms with van der Waals surface area (Å²) in [5.74, 6) is -1.70. The molecule has 0 bridgehead atoms. The van der Waals surface area contributed by atoms with Gasteiger partial charge in [-0.05, 0) is 13.8 Å². The fraction of sp³-hybridized carbons (Fsp3) is 0.950. The first-order chi connectivity index (χ1) is 33.5. The minimum Gasteiger partial charge on any atom is -0.394 e. The van der Waals surface area contributed by atoms with E-state index in [0.29, 0.717) is 0 Å². The summed E-state index contributed by atoms with van der Waals surface area (Å²) in [6.07, 6.45) is -52.8. The maximum absolute atomic E-state index is 13.1. The average Bonchev–Trinajstić information content (AvgIpc) is 3.33. The predicted molar refractivity (Wildman–Crippen MR) is 220 cm³/mol. The number of carbonyl (C=O) groups is 2. The third kappa shape index (κ3) is 12.4. The minimum atomic E-state index is -2.21. The van der Waals surface area contributed by atoms with Gasteiger partial charge < -0.3 is 144 Å². The van der Waals surface area contributed by atoms with Crippen LogP contribution in [0.4, 0.5) is 0 Å². The lowest BCUT2D eigenvalue weighted by molar-refractivity contribution is -0.407. The molecule has 18 N–H and O–H groups in total. The van der Waals surface area contributed by atoms with Crippen molar-refractivity contribution >= 4 is 11.8 Å². The van der Waals surface area contributed by atoms with Crippen molar-refractivity contribution in [2.45, 2.75) is 212 Å². The number of ether oxygens (including phenoxy) is 11. The van der Waals surface area contributed by atoms with Crippen LogP contribution in [0.3, 0.4) is 0 Å². The molecule has 71 heavy (non-hydrogen) atoms. The van der Waals surface area contributed by atoms with Gasteiger partial charge >= 0.3 is 0 Å². The van der Waals surface area contributed by atoms with Gasteiger partial charge in [0, 0.05) is 13.8 Å². The van der Waals surface area contributed by atoms with Crippen LogP contribution in [0.1, 0.15) is 27.7 Å². The largest absolute Gasteiger partial charge is 0.394 e. The molecule has 6 heterocycles. The normalized spacial score (nSPS) is 50.8. The average molecular weight is 1040 g/mol. The number of hydrogen-bond donors (Lipinski definition) is 18. The van der Waals surface area contributed by atoms with E-state index in [-0.39, 0.29) is 0 Å². The molecule has 0 saturated carbocycles. The summed E-state index contributed by atoms with van der Waals surface area (Å²) in [5, 5.41) is 177. The van der Waals surface area contributed by atoms with Crippen LogP contribution in [0.15, 0.2) is 0 Å². The zero-order chi connectivity index (χ0) is 52.5. The molecule has 6 fully saturated rings. The number of nitrogens with one attached hydrogen (secondary N) is 2. The van der Waals surface area contributed by atoms with Crippen molar-refractivity contribution in [3.63, 3.8) is 0 Å². The Hall–Kier alpha value is -2.14. The summed E-state index contributed by atoms with van der Waals surface area (Å²) < 4.78 is 65.4. The summed E-state index contributed by atoms with van der Waals surface area (Å²) in [4.78, 5) is 25.5. The van der Waals surface area contributed by atoms with Gasteiger partial charge in [0.05, 0.1) is 38.6 Å². The van der Waals surface area contributed by atoms with Crippen molar-refractivity contribution < 1.29 is 143 Å². The molecule has 30 atom stereocenters. The van der Waals surface area contributed by atoms with Crippen molar-refractivity contribution in [3.8, 4) is 0 Å². The summed E-state index contributed by atoms with van der Waals surface area (Å²) in [6, 6.07) is -3.56. The number of aliphatic hydroxyl groups excluding tert-OH is 16. The second-order valence-electron chi connectivity index (χ2n) is 18.2. The Morgan fingerprint density at radius 2 is 0.761 bits per heavy atom. The van der Waals surface area contributed by atoms with Gasteiger partial charge in [0.25, 0.3) is 0 Å². The number of amides is 2. The molecule has 0 aliphatic carbocycles. The molecule has 6 rings (SSSR count). The summed E-state index contributed by atoms with van der Waals surface area (Å²) in [7, 11) is 0. The molecule has 6 saturated heterocycles. The molecular formula is C40H68N2O29. The van der Waals surface area contributed by atoms with Gasteiger partial charge in [0.2, 0.25) is 11.8 Å². The molecule has 31 nitrogen and oxygen atoms in total. The van der Waals surface area contributed by atoms with E-state index in [2.05, 4.69) is 10.6 Å². The first-order valence-corrected chi connectivity index (χ1v) is 22.8. The molecule has 0 aromatic heterocycles. The van der Waals surface area contributed by atoms with Gasteiger partial charge in [-0.2, -0.15) is 0 Å². The van der Waals surface area contributed by atoms with E-state index in [0.717, 1.165) is 13.8 Å². The third-order valence-electron chi connectivity index (χ3n) is 13.2. The maximum atomic E-state index is 13.1. The van der Waals surface area contributed by atoms with Crippen LogP contribution in [-0.2, 0) is 61.7 Å². The van der Waals surface area contributed by atoms with E-state index in [1.165, 1.54) is 13.8 Å². The van der Waals surface area contributed by atoms with Gasteiger partial charge in [0.15, 0.2) is 37.7 Å². The van der Waals surface area contributed by atoms with Crippen LogP contribution >= 0.6 is 0 Å². The zero-order valence-corrected chi connectivity index (χ0v) is 38.6. The number of carbonyl (C=O) groups excluding carboxylic acids is 2. The van der Waals surface area contributed by atoms with Gasteiger partial charge in [-0.15, -0.1) is 0 Å². The quantitative estimate of drug-likeness (QED) is 0.0682. The Kier molecular flexibility index (Phi) is 20.2. The maximum Gasteiger partial charge on any atom is 0.217 e. The van der Waals surface area contributed by atoms with Crippen molar-refractivity contribution in [1.82, 2.24) is 10.6 Å². The summed E-state index contributed by atoms with van der Waals surface area (Å²) in [5.41, 5.74) is 0. The number of hydrogen-bond acceptors (Lipinski definition) is 29. The van der Waals surface area contributed by atoms with Crippen LogP contribution in [0.25, 0.3) is 0 Å².